The topological polar surface area (TPSA) is 99.3 Å². The maximum absolute atomic E-state index is 11.8. The molecule has 0 saturated heterocycles. The van der Waals surface area contributed by atoms with Gasteiger partial charge in [-0.3, -0.25) is 19.6 Å². The maximum atomic E-state index is 11.8. The van der Waals surface area contributed by atoms with Crippen LogP contribution in [0.3, 0.4) is 0 Å². The first-order valence-electron chi connectivity index (χ1n) is 6.17. The quantitative estimate of drug-likeness (QED) is 0.431. The van der Waals surface area contributed by atoms with E-state index in [0.29, 0.717) is 32.7 Å². The summed E-state index contributed by atoms with van der Waals surface area (Å²) in [5.74, 6) is -0.532. The third-order valence-corrected chi connectivity index (χ3v) is 2.43. The number of aromatic nitrogens is 2. The fourth-order valence-electron chi connectivity index (χ4n) is 1.47. The average Bonchev–Trinajstić information content (AvgIpc) is 2.82. The zero-order valence-corrected chi connectivity index (χ0v) is 11.1. The first kappa shape index (κ1) is 15.1. The first-order valence-corrected chi connectivity index (χ1v) is 6.17. The number of nitro groups is 1. The minimum absolute atomic E-state index is 0.150. The van der Waals surface area contributed by atoms with Gasteiger partial charge in [-0.25, -0.2) is 0 Å². The largest absolute Gasteiger partial charge is 0.382 e. The highest BCUT2D eigenvalue weighted by Crippen LogP contribution is 2.16. The summed E-state index contributed by atoms with van der Waals surface area (Å²) in [5.41, 5.74) is -0.424. The highest BCUT2D eigenvalue weighted by atomic mass is 16.6. The highest BCUT2D eigenvalue weighted by molar-refractivity contribution is 5.95. The second-order valence-electron chi connectivity index (χ2n) is 3.78. The van der Waals surface area contributed by atoms with Gasteiger partial charge in [-0.2, -0.15) is 5.10 Å². The van der Waals surface area contributed by atoms with E-state index in [2.05, 4.69) is 10.4 Å². The third kappa shape index (κ3) is 4.32. The van der Waals surface area contributed by atoms with Gasteiger partial charge in [-0.1, -0.05) is 0 Å². The van der Waals surface area contributed by atoms with Crippen LogP contribution in [0.5, 0.6) is 0 Å². The molecule has 0 aliphatic carbocycles. The lowest BCUT2D eigenvalue weighted by atomic mass is 10.3. The predicted octanol–water partition coefficient (Wildman–Crippen LogP) is 0.968. The highest BCUT2D eigenvalue weighted by Gasteiger charge is 2.24. The summed E-state index contributed by atoms with van der Waals surface area (Å²) in [6, 6.07) is 0. The molecule has 0 atom stereocenters. The van der Waals surface area contributed by atoms with E-state index >= 15 is 0 Å². The van der Waals surface area contributed by atoms with Crippen molar-refractivity contribution in [1.82, 2.24) is 15.1 Å². The molecule has 0 unspecified atom stereocenters. The monoisotopic (exact) mass is 270 g/mol. The van der Waals surface area contributed by atoms with Crippen LogP contribution in [-0.4, -0.2) is 40.4 Å². The molecule has 1 heterocycles. The molecule has 8 nitrogen and oxygen atoms in total. The van der Waals surface area contributed by atoms with Gasteiger partial charge in [-0.05, 0) is 20.3 Å². The van der Waals surface area contributed by atoms with Gasteiger partial charge >= 0.3 is 5.69 Å². The summed E-state index contributed by atoms with van der Waals surface area (Å²) in [4.78, 5) is 22.0. The molecule has 106 valence electrons. The number of nitrogens with one attached hydrogen (secondary N) is 1. The predicted molar refractivity (Wildman–Crippen MR) is 68.0 cm³/mol. The summed E-state index contributed by atoms with van der Waals surface area (Å²) >= 11 is 0. The van der Waals surface area contributed by atoms with Crippen molar-refractivity contribution in [3.05, 3.63) is 22.0 Å². The lowest BCUT2D eigenvalue weighted by molar-refractivity contribution is -0.385. The molecule has 0 fully saturated rings. The van der Waals surface area contributed by atoms with E-state index in [9.17, 15) is 14.9 Å². The van der Waals surface area contributed by atoms with Crippen LogP contribution in [0.1, 0.15) is 30.8 Å². The van der Waals surface area contributed by atoms with Gasteiger partial charge < -0.3 is 10.1 Å². The van der Waals surface area contributed by atoms with Crippen LogP contribution in [0.4, 0.5) is 5.69 Å². The van der Waals surface area contributed by atoms with Gasteiger partial charge in [-0.15, -0.1) is 0 Å². The molecule has 1 rings (SSSR count). The molecule has 1 aromatic heterocycles. The molecular weight excluding hydrogens is 252 g/mol. The molecule has 8 heteroatoms. The van der Waals surface area contributed by atoms with Gasteiger partial charge in [0.2, 0.25) is 5.69 Å². The zero-order valence-electron chi connectivity index (χ0n) is 11.1. The van der Waals surface area contributed by atoms with Crippen molar-refractivity contribution in [2.45, 2.75) is 26.8 Å². The van der Waals surface area contributed by atoms with E-state index in [1.807, 2.05) is 6.92 Å². The lowest BCUT2D eigenvalue weighted by Gasteiger charge is -2.03. The fraction of sp³-hybridized carbons (Fsp3) is 0.636. The van der Waals surface area contributed by atoms with Crippen molar-refractivity contribution >= 4 is 11.6 Å². The Morgan fingerprint density at radius 3 is 2.89 bits per heavy atom. The molecule has 0 aromatic carbocycles. The van der Waals surface area contributed by atoms with Crippen molar-refractivity contribution in [3.8, 4) is 0 Å². The number of ether oxygens (including phenoxy) is 1. The van der Waals surface area contributed by atoms with Crippen LogP contribution in [0.15, 0.2) is 6.20 Å². The molecule has 0 saturated carbocycles. The minimum atomic E-state index is -0.603. The normalized spacial score (nSPS) is 10.4. The average molecular weight is 270 g/mol. The maximum Gasteiger partial charge on any atom is 0.320 e. The Labute approximate surface area is 110 Å². The van der Waals surface area contributed by atoms with Crippen LogP contribution < -0.4 is 5.32 Å². The molecule has 0 spiro atoms. The number of aryl methyl sites for hydroxylation is 1. The van der Waals surface area contributed by atoms with Crippen LogP contribution in [-0.2, 0) is 11.3 Å². The Hall–Kier alpha value is -1.96. The molecule has 1 amide bonds. The molecule has 1 aromatic rings. The number of hydrogen-bond donors (Lipinski definition) is 1. The van der Waals surface area contributed by atoms with E-state index in [4.69, 9.17) is 4.74 Å². The first-order chi connectivity index (χ1) is 9.10. The van der Waals surface area contributed by atoms with Crippen molar-refractivity contribution < 1.29 is 14.5 Å². The van der Waals surface area contributed by atoms with Crippen molar-refractivity contribution in [3.63, 3.8) is 0 Å². The van der Waals surface area contributed by atoms with E-state index in [1.54, 1.807) is 6.92 Å². The second-order valence-corrected chi connectivity index (χ2v) is 3.78. The van der Waals surface area contributed by atoms with E-state index in [0.717, 1.165) is 0 Å². The summed E-state index contributed by atoms with van der Waals surface area (Å²) in [6.45, 7) is 5.72. The van der Waals surface area contributed by atoms with Crippen molar-refractivity contribution in [2.24, 2.45) is 0 Å². The van der Waals surface area contributed by atoms with Crippen LogP contribution in [0, 0.1) is 10.1 Å². The molecule has 0 radical (unpaired) electrons. The molecule has 19 heavy (non-hydrogen) atoms. The number of rotatable bonds is 8. The van der Waals surface area contributed by atoms with Gasteiger partial charge in [0.1, 0.15) is 6.20 Å². The number of nitrogens with zero attached hydrogens (tertiary/aromatic N) is 3. The fourth-order valence-corrected chi connectivity index (χ4v) is 1.47. The van der Waals surface area contributed by atoms with Crippen LogP contribution >= 0.6 is 0 Å². The van der Waals surface area contributed by atoms with Gasteiger partial charge in [0, 0.05) is 26.3 Å². The summed E-state index contributed by atoms with van der Waals surface area (Å²) in [7, 11) is 0. The van der Waals surface area contributed by atoms with Crippen LogP contribution in [0.2, 0.25) is 0 Å². The minimum Gasteiger partial charge on any atom is -0.382 e. The SMILES string of the molecule is CCOCCCNC(=O)c1nn(CC)cc1[N+](=O)[O-]. The Morgan fingerprint density at radius 1 is 1.58 bits per heavy atom. The Morgan fingerprint density at radius 2 is 2.32 bits per heavy atom. The second kappa shape index (κ2) is 7.47. The van der Waals surface area contributed by atoms with Crippen molar-refractivity contribution in [2.75, 3.05) is 19.8 Å². The molecule has 0 aliphatic heterocycles. The Balaban J connectivity index is 2.60. The number of hydrogen-bond acceptors (Lipinski definition) is 5. The third-order valence-electron chi connectivity index (χ3n) is 2.43. The Bertz CT molecular complexity index is 444. The van der Waals surface area contributed by atoms with E-state index in [-0.39, 0.29) is 11.4 Å². The summed E-state index contributed by atoms with van der Waals surface area (Å²) < 4.78 is 6.49. The van der Waals surface area contributed by atoms with Crippen LogP contribution in [0.25, 0.3) is 0 Å². The number of amides is 1. The molecule has 0 aliphatic rings. The number of carbonyl (C=O) groups excluding carboxylic acids is 1. The van der Waals surface area contributed by atoms with Gasteiger partial charge in [0.05, 0.1) is 4.92 Å². The smallest absolute Gasteiger partial charge is 0.320 e. The number of carbonyl (C=O) groups is 1. The summed E-state index contributed by atoms with van der Waals surface area (Å²) in [6.07, 6.45) is 1.91. The van der Waals surface area contributed by atoms with E-state index < -0.39 is 10.8 Å². The molecular formula is C11H18N4O4. The molecule has 0 bridgehead atoms. The van der Waals surface area contributed by atoms with Gasteiger partial charge in [0.25, 0.3) is 5.91 Å². The Kier molecular flexibility index (Phi) is 5.94. The van der Waals surface area contributed by atoms with Gasteiger partial charge in [0.15, 0.2) is 0 Å². The lowest BCUT2D eigenvalue weighted by Crippen LogP contribution is -2.26. The van der Waals surface area contributed by atoms with Crippen molar-refractivity contribution in [1.29, 1.82) is 0 Å². The summed E-state index contributed by atoms with van der Waals surface area (Å²) in [5, 5.41) is 17.3. The standard InChI is InChI=1S/C11H18N4O4/c1-3-14-8-9(15(17)18)10(13-14)11(16)12-6-5-7-19-4-2/h8H,3-7H2,1-2H3,(H,12,16). The zero-order chi connectivity index (χ0) is 14.3. The molecule has 1 N–H and O–H groups in total. The van der Waals surface area contributed by atoms with E-state index in [1.165, 1.54) is 10.9 Å².